The zero-order valence-electron chi connectivity index (χ0n) is 9.32. The van der Waals surface area contributed by atoms with E-state index in [0.717, 1.165) is 4.68 Å². The quantitative estimate of drug-likeness (QED) is 0.947. The highest BCUT2D eigenvalue weighted by Crippen LogP contribution is 2.27. The Kier molecular flexibility index (Phi) is 3.89. The third kappa shape index (κ3) is 3.49. The lowest BCUT2D eigenvalue weighted by atomic mass is 10.2. The summed E-state index contributed by atoms with van der Waals surface area (Å²) < 4.78 is 37.5. The minimum atomic E-state index is -4.43. The summed E-state index contributed by atoms with van der Waals surface area (Å²) in [6, 6.07) is 2.90. The Bertz CT molecular complexity index is 599. The molecule has 4 nitrogen and oxygen atoms in total. The van der Waals surface area contributed by atoms with Crippen LogP contribution in [0.4, 0.5) is 13.2 Å². The van der Waals surface area contributed by atoms with E-state index in [1.54, 1.807) is 0 Å². The number of hydrogen-bond donors (Lipinski definition) is 1. The van der Waals surface area contributed by atoms with Crippen molar-refractivity contribution >= 4 is 34.2 Å². The van der Waals surface area contributed by atoms with E-state index < -0.39 is 18.7 Å². The average Bonchev–Trinajstić information content (AvgIpc) is 2.59. The first-order valence-electron chi connectivity index (χ1n) is 5.19. The van der Waals surface area contributed by atoms with Crippen molar-refractivity contribution in [2.45, 2.75) is 25.2 Å². The van der Waals surface area contributed by atoms with Gasteiger partial charge >= 0.3 is 6.18 Å². The SMILES string of the molecule is O[C@@H](Cn1nnc2cc(Cl)c(Cl)cc21)CC(F)(F)F. The topological polar surface area (TPSA) is 50.9 Å². The fraction of sp³-hybridized carbons (Fsp3) is 0.400. The van der Waals surface area contributed by atoms with Gasteiger partial charge in [-0.25, -0.2) is 4.68 Å². The molecule has 1 atom stereocenters. The first-order chi connectivity index (χ1) is 8.76. The van der Waals surface area contributed by atoms with Crippen LogP contribution in [0.5, 0.6) is 0 Å². The van der Waals surface area contributed by atoms with E-state index >= 15 is 0 Å². The van der Waals surface area contributed by atoms with Crippen molar-refractivity contribution in [3.05, 3.63) is 22.2 Å². The predicted molar refractivity (Wildman–Crippen MR) is 64.2 cm³/mol. The van der Waals surface area contributed by atoms with Crippen molar-refractivity contribution in [3.63, 3.8) is 0 Å². The molecule has 0 aliphatic heterocycles. The molecular weight excluding hydrogens is 306 g/mol. The van der Waals surface area contributed by atoms with E-state index in [1.165, 1.54) is 12.1 Å². The van der Waals surface area contributed by atoms with Crippen molar-refractivity contribution in [2.24, 2.45) is 0 Å². The Morgan fingerprint density at radius 1 is 1.26 bits per heavy atom. The number of aliphatic hydroxyl groups excluding tert-OH is 1. The van der Waals surface area contributed by atoms with Gasteiger partial charge in [-0.2, -0.15) is 13.2 Å². The van der Waals surface area contributed by atoms with Crippen LogP contribution in [0.3, 0.4) is 0 Å². The van der Waals surface area contributed by atoms with E-state index in [2.05, 4.69) is 10.3 Å². The van der Waals surface area contributed by atoms with E-state index in [-0.39, 0.29) is 16.6 Å². The molecule has 0 fully saturated rings. The third-order valence-corrected chi connectivity index (χ3v) is 3.13. The van der Waals surface area contributed by atoms with Crippen LogP contribution in [0, 0.1) is 0 Å². The number of alkyl halides is 3. The predicted octanol–water partition coefficient (Wildman–Crippen LogP) is 3.05. The van der Waals surface area contributed by atoms with Crippen LogP contribution >= 0.6 is 23.2 Å². The van der Waals surface area contributed by atoms with E-state index in [1.807, 2.05) is 0 Å². The van der Waals surface area contributed by atoms with Crippen LogP contribution < -0.4 is 0 Å². The summed E-state index contributed by atoms with van der Waals surface area (Å²) in [7, 11) is 0. The maximum atomic E-state index is 12.1. The van der Waals surface area contributed by atoms with Gasteiger partial charge in [0.2, 0.25) is 0 Å². The number of nitrogens with zero attached hydrogens (tertiary/aromatic N) is 3. The molecule has 0 aliphatic carbocycles. The Morgan fingerprint density at radius 2 is 1.89 bits per heavy atom. The van der Waals surface area contributed by atoms with Crippen molar-refractivity contribution in [1.29, 1.82) is 0 Å². The van der Waals surface area contributed by atoms with Crippen molar-refractivity contribution < 1.29 is 18.3 Å². The summed E-state index contributed by atoms with van der Waals surface area (Å²) >= 11 is 11.6. The van der Waals surface area contributed by atoms with Gasteiger partial charge < -0.3 is 5.11 Å². The summed E-state index contributed by atoms with van der Waals surface area (Å²) in [5.41, 5.74) is 0.809. The van der Waals surface area contributed by atoms with Gasteiger partial charge in [0.05, 0.1) is 34.6 Å². The van der Waals surface area contributed by atoms with Gasteiger partial charge in [0, 0.05) is 0 Å². The lowest BCUT2D eigenvalue weighted by molar-refractivity contribution is -0.154. The molecule has 2 aromatic rings. The van der Waals surface area contributed by atoms with Crippen LogP contribution in [0.1, 0.15) is 6.42 Å². The largest absolute Gasteiger partial charge is 0.391 e. The fourth-order valence-corrected chi connectivity index (χ4v) is 1.95. The Balaban J connectivity index is 2.24. The zero-order valence-corrected chi connectivity index (χ0v) is 10.8. The van der Waals surface area contributed by atoms with Gasteiger partial charge in [-0.15, -0.1) is 5.10 Å². The molecule has 0 unspecified atom stereocenters. The minimum Gasteiger partial charge on any atom is -0.391 e. The number of halogens is 5. The average molecular weight is 314 g/mol. The number of aromatic nitrogens is 3. The molecule has 0 saturated heterocycles. The molecule has 1 aromatic heterocycles. The summed E-state index contributed by atoms with van der Waals surface area (Å²) in [5, 5.41) is 17.3. The molecule has 0 amide bonds. The molecular formula is C10H8Cl2F3N3O. The van der Waals surface area contributed by atoms with Crippen LogP contribution in [-0.4, -0.2) is 32.4 Å². The lowest BCUT2D eigenvalue weighted by Crippen LogP contribution is -2.24. The summed E-state index contributed by atoms with van der Waals surface area (Å²) in [4.78, 5) is 0. The third-order valence-electron chi connectivity index (χ3n) is 2.41. The second-order valence-electron chi connectivity index (χ2n) is 4.00. The minimum absolute atomic E-state index is 0.239. The highest BCUT2D eigenvalue weighted by atomic mass is 35.5. The second-order valence-corrected chi connectivity index (χ2v) is 4.81. The van der Waals surface area contributed by atoms with Crippen molar-refractivity contribution in [2.75, 3.05) is 0 Å². The monoisotopic (exact) mass is 313 g/mol. The van der Waals surface area contributed by atoms with Crippen LogP contribution in [0.2, 0.25) is 10.0 Å². The number of hydrogen-bond acceptors (Lipinski definition) is 3. The van der Waals surface area contributed by atoms with E-state index in [4.69, 9.17) is 23.2 Å². The highest BCUT2D eigenvalue weighted by Gasteiger charge is 2.31. The fourth-order valence-electron chi connectivity index (χ4n) is 1.63. The molecule has 1 heterocycles. The Labute approximate surface area is 115 Å². The maximum absolute atomic E-state index is 12.1. The van der Waals surface area contributed by atoms with Crippen LogP contribution in [-0.2, 0) is 6.54 Å². The van der Waals surface area contributed by atoms with Crippen molar-refractivity contribution in [1.82, 2.24) is 15.0 Å². The Morgan fingerprint density at radius 3 is 2.53 bits per heavy atom. The number of benzene rings is 1. The van der Waals surface area contributed by atoms with Gasteiger partial charge in [-0.3, -0.25) is 0 Å². The van der Waals surface area contributed by atoms with Gasteiger partial charge in [0.1, 0.15) is 5.52 Å². The molecule has 0 spiro atoms. The first-order valence-corrected chi connectivity index (χ1v) is 5.95. The molecule has 9 heteroatoms. The second kappa shape index (κ2) is 5.15. The molecule has 0 radical (unpaired) electrons. The summed E-state index contributed by atoms with van der Waals surface area (Å²) in [6.45, 7) is -0.325. The summed E-state index contributed by atoms with van der Waals surface area (Å²) in [5.74, 6) is 0. The zero-order chi connectivity index (χ0) is 14.2. The normalized spacial score (nSPS) is 14.0. The lowest BCUT2D eigenvalue weighted by Gasteiger charge is -2.13. The molecule has 0 saturated carbocycles. The molecule has 0 bridgehead atoms. The summed E-state index contributed by atoms with van der Waals surface area (Å²) in [6.07, 6.45) is -7.34. The maximum Gasteiger partial charge on any atom is 0.391 e. The Hall–Kier alpha value is -1.05. The highest BCUT2D eigenvalue weighted by molar-refractivity contribution is 6.42. The van der Waals surface area contributed by atoms with Crippen LogP contribution in [0.25, 0.3) is 11.0 Å². The molecule has 1 aromatic carbocycles. The van der Waals surface area contributed by atoms with Crippen molar-refractivity contribution in [3.8, 4) is 0 Å². The smallest absolute Gasteiger partial charge is 0.391 e. The van der Waals surface area contributed by atoms with Gasteiger partial charge in [0.15, 0.2) is 0 Å². The van der Waals surface area contributed by atoms with Gasteiger partial charge in [-0.05, 0) is 12.1 Å². The van der Waals surface area contributed by atoms with Crippen LogP contribution in [0.15, 0.2) is 12.1 Å². The molecule has 19 heavy (non-hydrogen) atoms. The molecule has 0 aliphatic rings. The van der Waals surface area contributed by atoms with Gasteiger partial charge in [0.25, 0.3) is 0 Å². The molecule has 104 valence electrons. The first kappa shape index (κ1) is 14.4. The number of fused-ring (bicyclic) bond motifs is 1. The van der Waals surface area contributed by atoms with E-state index in [9.17, 15) is 18.3 Å². The number of rotatable bonds is 3. The van der Waals surface area contributed by atoms with E-state index in [0.29, 0.717) is 11.0 Å². The molecule has 2 rings (SSSR count). The number of aliphatic hydroxyl groups is 1. The van der Waals surface area contributed by atoms with Gasteiger partial charge in [-0.1, -0.05) is 28.4 Å². The standard InChI is InChI=1S/C10H8Cl2F3N3O/c11-6-1-8-9(2-7(6)12)18(17-16-8)4-5(19)3-10(13,14)15/h1-2,5,19H,3-4H2/t5-/m1/s1. The molecule has 1 N–H and O–H groups in total.